The van der Waals surface area contributed by atoms with Gasteiger partial charge in [-0.2, -0.15) is 4.98 Å². The smallest absolute Gasteiger partial charge is 0.226 e. The number of rotatable bonds is 6. The first-order valence-electron chi connectivity index (χ1n) is 5.98. The van der Waals surface area contributed by atoms with Gasteiger partial charge in [0.05, 0.1) is 13.7 Å². The van der Waals surface area contributed by atoms with Crippen LogP contribution in [0.4, 0.5) is 0 Å². The molecule has 19 heavy (non-hydrogen) atoms. The zero-order valence-electron chi connectivity index (χ0n) is 10.9. The van der Waals surface area contributed by atoms with Crippen molar-refractivity contribution in [2.24, 2.45) is 0 Å². The van der Waals surface area contributed by atoms with Crippen LogP contribution in [-0.2, 0) is 19.6 Å². The van der Waals surface area contributed by atoms with Crippen LogP contribution in [0, 0.1) is 0 Å². The molecule has 1 aromatic carbocycles. The molecule has 0 fully saturated rings. The zero-order chi connectivity index (χ0) is 13.7. The van der Waals surface area contributed by atoms with E-state index in [-0.39, 0.29) is 13.2 Å². The van der Waals surface area contributed by atoms with Crippen LogP contribution in [0.2, 0.25) is 0 Å². The van der Waals surface area contributed by atoms with E-state index in [0.717, 1.165) is 0 Å². The standard InChI is InChI=1S/C13H16N2O4/c1-3-13-14-12(15-19-13)8-18-11-6-10(17-2)5-4-9(11)7-16/h4-6,16H,3,7-8H2,1-2H3. The lowest BCUT2D eigenvalue weighted by Gasteiger charge is -2.10. The van der Waals surface area contributed by atoms with Gasteiger partial charge in [-0.3, -0.25) is 0 Å². The Balaban J connectivity index is 2.09. The highest BCUT2D eigenvalue weighted by Crippen LogP contribution is 2.25. The average Bonchev–Trinajstić information content (AvgIpc) is 2.92. The van der Waals surface area contributed by atoms with Gasteiger partial charge >= 0.3 is 0 Å². The van der Waals surface area contributed by atoms with Crippen LogP contribution in [0.1, 0.15) is 24.2 Å². The second kappa shape index (κ2) is 6.19. The third-order valence-electron chi connectivity index (χ3n) is 2.61. The minimum absolute atomic E-state index is 0.105. The van der Waals surface area contributed by atoms with Crippen LogP contribution < -0.4 is 9.47 Å². The van der Waals surface area contributed by atoms with Crippen LogP contribution in [0.15, 0.2) is 22.7 Å². The molecule has 0 aliphatic carbocycles. The summed E-state index contributed by atoms with van der Waals surface area (Å²) >= 11 is 0. The number of aliphatic hydroxyl groups is 1. The van der Waals surface area contributed by atoms with Gasteiger partial charge in [-0.1, -0.05) is 12.1 Å². The lowest BCUT2D eigenvalue weighted by atomic mass is 10.2. The number of benzene rings is 1. The average molecular weight is 264 g/mol. The summed E-state index contributed by atoms with van der Waals surface area (Å²) in [4.78, 5) is 4.15. The summed E-state index contributed by atoms with van der Waals surface area (Å²) in [6.45, 7) is 2.01. The molecule has 1 aromatic heterocycles. The number of aryl methyl sites for hydroxylation is 1. The summed E-state index contributed by atoms with van der Waals surface area (Å²) in [5.74, 6) is 2.26. The van der Waals surface area contributed by atoms with E-state index in [1.54, 1.807) is 25.3 Å². The minimum atomic E-state index is -0.105. The van der Waals surface area contributed by atoms with Gasteiger partial charge < -0.3 is 19.1 Å². The molecule has 1 N–H and O–H groups in total. The van der Waals surface area contributed by atoms with Crippen molar-refractivity contribution in [2.45, 2.75) is 26.6 Å². The fourth-order valence-electron chi connectivity index (χ4n) is 1.56. The molecule has 6 heteroatoms. The highest BCUT2D eigenvalue weighted by Gasteiger charge is 2.09. The summed E-state index contributed by atoms with van der Waals surface area (Å²) in [5, 5.41) is 13.0. The highest BCUT2D eigenvalue weighted by molar-refractivity contribution is 5.40. The van der Waals surface area contributed by atoms with Gasteiger partial charge in [-0.05, 0) is 12.1 Å². The summed E-state index contributed by atoms with van der Waals surface area (Å²) < 4.78 is 15.7. The van der Waals surface area contributed by atoms with E-state index in [2.05, 4.69) is 10.1 Å². The second-order valence-corrected chi connectivity index (χ2v) is 3.88. The second-order valence-electron chi connectivity index (χ2n) is 3.88. The predicted octanol–water partition coefficient (Wildman–Crippen LogP) is 1.71. The van der Waals surface area contributed by atoms with E-state index in [1.165, 1.54) is 0 Å². The fourth-order valence-corrected chi connectivity index (χ4v) is 1.56. The molecule has 0 unspecified atom stereocenters. The van der Waals surface area contributed by atoms with E-state index < -0.39 is 0 Å². The van der Waals surface area contributed by atoms with Crippen molar-refractivity contribution in [3.8, 4) is 11.5 Å². The van der Waals surface area contributed by atoms with Crippen molar-refractivity contribution in [3.05, 3.63) is 35.5 Å². The number of aliphatic hydroxyl groups excluding tert-OH is 1. The van der Waals surface area contributed by atoms with Crippen molar-refractivity contribution in [3.63, 3.8) is 0 Å². The molecule has 0 aliphatic heterocycles. The van der Waals surface area contributed by atoms with E-state index in [0.29, 0.717) is 35.2 Å². The molecular weight excluding hydrogens is 248 g/mol. The molecule has 0 aliphatic rings. The van der Waals surface area contributed by atoms with Gasteiger partial charge in [-0.15, -0.1) is 0 Å². The first-order chi connectivity index (χ1) is 9.26. The van der Waals surface area contributed by atoms with Gasteiger partial charge in [0.1, 0.15) is 11.5 Å². The Kier molecular flexibility index (Phi) is 4.35. The molecule has 6 nitrogen and oxygen atoms in total. The zero-order valence-corrected chi connectivity index (χ0v) is 10.9. The Bertz CT molecular complexity index is 539. The molecule has 0 atom stereocenters. The lowest BCUT2D eigenvalue weighted by Crippen LogP contribution is -2.01. The van der Waals surface area contributed by atoms with Gasteiger partial charge in [0.2, 0.25) is 11.7 Å². The Labute approximate surface area is 111 Å². The number of aromatic nitrogens is 2. The van der Waals surface area contributed by atoms with Crippen molar-refractivity contribution in [2.75, 3.05) is 7.11 Å². The summed E-state index contributed by atoms with van der Waals surface area (Å²) in [6.07, 6.45) is 0.689. The Hall–Kier alpha value is -2.08. The largest absolute Gasteiger partial charge is 0.497 e. The Morgan fingerprint density at radius 2 is 2.21 bits per heavy atom. The van der Waals surface area contributed by atoms with Crippen molar-refractivity contribution in [1.29, 1.82) is 0 Å². The van der Waals surface area contributed by atoms with Crippen LogP contribution >= 0.6 is 0 Å². The molecule has 0 bridgehead atoms. The lowest BCUT2D eigenvalue weighted by molar-refractivity contribution is 0.251. The number of nitrogens with zero attached hydrogens (tertiary/aromatic N) is 2. The monoisotopic (exact) mass is 264 g/mol. The maximum Gasteiger partial charge on any atom is 0.226 e. The third kappa shape index (κ3) is 3.23. The van der Waals surface area contributed by atoms with Gasteiger partial charge in [0.25, 0.3) is 0 Å². The van der Waals surface area contributed by atoms with Gasteiger partial charge in [-0.25, -0.2) is 0 Å². The molecule has 2 aromatic rings. The van der Waals surface area contributed by atoms with Crippen LogP contribution in [-0.4, -0.2) is 22.4 Å². The van der Waals surface area contributed by atoms with Crippen molar-refractivity contribution in [1.82, 2.24) is 10.1 Å². The predicted molar refractivity (Wildman–Crippen MR) is 66.9 cm³/mol. The van der Waals surface area contributed by atoms with Crippen LogP contribution in [0.25, 0.3) is 0 Å². The van der Waals surface area contributed by atoms with E-state index in [4.69, 9.17) is 14.0 Å². The first-order valence-corrected chi connectivity index (χ1v) is 5.98. The van der Waals surface area contributed by atoms with Crippen LogP contribution in [0.3, 0.4) is 0 Å². The van der Waals surface area contributed by atoms with Crippen molar-refractivity contribution >= 4 is 0 Å². The quantitative estimate of drug-likeness (QED) is 0.855. The summed E-state index contributed by atoms with van der Waals surface area (Å²) in [7, 11) is 1.57. The van der Waals surface area contributed by atoms with Crippen LogP contribution in [0.5, 0.6) is 11.5 Å². The molecular formula is C13H16N2O4. The summed E-state index contributed by atoms with van der Waals surface area (Å²) in [5.41, 5.74) is 0.681. The maximum atomic E-state index is 9.25. The molecule has 0 spiro atoms. The fraction of sp³-hybridized carbons (Fsp3) is 0.385. The minimum Gasteiger partial charge on any atom is -0.497 e. The number of hydrogen-bond donors (Lipinski definition) is 1. The highest BCUT2D eigenvalue weighted by atomic mass is 16.5. The Morgan fingerprint density at radius 1 is 1.37 bits per heavy atom. The molecule has 1 heterocycles. The van der Waals surface area contributed by atoms with E-state index >= 15 is 0 Å². The SMILES string of the molecule is CCc1nc(COc2cc(OC)ccc2CO)no1. The van der Waals surface area contributed by atoms with E-state index in [1.807, 2.05) is 6.92 Å². The molecule has 0 radical (unpaired) electrons. The Morgan fingerprint density at radius 3 is 2.84 bits per heavy atom. The van der Waals surface area contributed by atoms with Gasteiger partial charge in [0, 0.05) is 18.1 Å². The summed E-state index contributed by atoms with van der Waals surface area (Å²) in [6, 6.07) is 5.23. The maximum absolute atomic E-state index is 9.25. The van der Waals surface area contributed by atoms with Crippen molar-refractivity contribution < 1.29 is 19.1 Å². The number of ether oxygens (including phenoxy) is 2. The molecule has 102 valence electrons. The van der Waals surface area contributed by atoms with Gasteiger partial charge in [0.15, 0.2) is 6.61 Å². The number of methoxy groups -OCH3 is 1. The normalized spacial score (nSPS) is 10.5. The molecule has 0 saturated carbocycles. The molecule has 2 rings (SSSR count). The topological polar surface area (TPSA) is 77.6 Å². The molecule has 0 amide bonds. The molecule has 0 saturated heterocycles. The number of hydrogen-bond acceptors (Lipinski definition) is 6. The van der Waals surface area contributed by atoms with E-state index in [9.17, 15) is 5.11 Å². The third-order valence-corrected chi connectivity index (χ3v) is 2.61. The first kappa shape index (κ1) is 13.4.